The predicted molar refractivity (Wildman–Crippen MR) is 149 cm³/mol. The van der Waals surface area contributed by atoms with E-state index in [4.69, 9.17) is 10.5 Å². The molecule has 0 spiro atoms. The van der Waals surface area contributed by atoms with Crippen LogP contribution in [0.25, 0.3) is 10.9 Å². The molecule has 1 amide bonds. The number of amides is 1. The minimum atomic E-state index is -0.497. The molecule has 5 heteroatoms. The zero-order valence-electron chi connectivity index (χ0n) is 21.9. The van der Waals surface area contributed by atoms with Crippen LogP contribution in [0.4, 0.5) is 0 Å². The second kappa shape index (κ2) is 10.3. The molecular formula is C32H35N3O2. The zero-order chi connectivity index (χ0) is 26.0. The first-order valence-corrected chi connectivity index (χ1v) is 13.0. The number of para-hydroxylation sites is 1. The van der Waals surface area contributed by atoms with Gasteiger partial charge in [0.1, 0.15) is 5.75 Å². The molecule has 2 N–H and O–H groups in total. The molecule has 0 radical (unpaired) electrons. The van der Waals surface area contributed by atoms with E-state index in [2.05, 4.69) is 40.2 Å². The molecule has 1 aromatic heterocycles. The quantitative estimate of drug-likeness (QED) is 0.377. The number of fused-ring (bicyclic) bond motifs is 1. The molecule has 2 unspecified atom stereocenters. The summed E-state index contributed by atoms with van der Waals surface area (Å²) in [6.45, 7) is 4.71. The molecule has 5 rings (SSSR count). The fraction of sp³-hybridized carbons (Fsp3) is 0.312. The first-order valence-electron chi connectivity index (χ1n) is 13.0. The Morgan fingerprint density at radius 3 is 2.59 bits per heavy atom. The number of aromatic nitrogens is 1. The second-order valence-electron chi connectivity index (χ2n) is 10.5. The summed E-state index contributed by atoms with van der Waals surface area (Å²) in [5.41, 5.74) is 12.4. The molecule has 1 aliphatic rings. The molecule has 190 valence electrons. The number of pyridine rings is 1. The molecule has 2 heterocycles. The third-order valence-electron chi connectivity index (χ3n) is 7.58. The summed E-state index contributed by atoms with van der Waals surface area (Å²) < 4.78 is 5.53. The number of piperidine rings is 1. The third-order valence-corrected chi connectivity index (χ3v) is 7.58. The van der Waals surface area contributed by atoms with Gasteiger partial charge in [0.25, 0.3) is 5.91 Å². The number of benzene rings is 3. The van der Waals surface area contributed by atoms with Crippen LogP contribution in [-0.2, 0) is 12.8 Å². The van der Waals surface area contributed by atoms with Crippen molar-refractivity contribution in [2.24, 2.45) is 5.73 Å². The minimum absolute atomic E-state index is 0.0157. The van der Waals surface area contributed by atoms with Crippen LogP contribution in [0.5, 0.6) is 5.75 Å². The fourth-order valence-corrected chi connectivity index (χ4v) is 6.03. The molecule has 2 atom stereocenters. The Balaban J connectivity index is 1.64. The highest BCUT2D eigenvalue weighted by Gasteiger charge is 2.44. The molecule has 1 saturated heterocycles. The van der Waals surface area contributed by atoms with Gasteiger partial charge < -0.3 is 15.4 Å². The number of rotatable bonds is 6. The van der Waals surface area contributed by atoms with Crippen molar-refractivity contribution in [3.05, 3.63) is 107 Å². The lowest BCUT2D eigenvalue weighted by atomic mass is 9.74. The van der Waals surface area contributed by atoms with Crippen LogP contribution in [0.3, 0.4) is 0 Å². The van der Waals surface area contributed by atoms with Gasteiger partial charge in [0.15, 0.2) is 0 Å². The summed E-state index contributed by atoms with van der Waals surface area (Å²) in [7, 11) is 1.68. The van der Waals surface area contributed by atoms with Crippen molar-refractivity contribution in [2.75, 3.05) is 13.7 Å². The summed E-state index contributed by atoms with van der Waals surface area (Å²) in [5.74, 6) is 0.884. The maximum Gasteiger partial charge on any atom is 0.254 e. The van der Waals surface area contributed by atoms with Crippen LogP contribution in [0.15, 0.2) is 79.0 Å². The van der Waals surface area contributed by atoms with E-state index in [1.165, 1.54) is 5.56 Å². The average molecular weight is 494 g/mol. The van der Waals surface area contributed by atoms with Gasteiger partial charge in [-0.2, -0.15) is 0 Å². The number of nitrogens with two attached hydrogens (primary N) is 1. The summed E-state index contributed by atoms with van der Waals surface area (Å²) in [5, 5.41) is 1.12. The molecule has 1 aliphatic heterocycles. The van der Waals surface area contributed by atoms with E-state index in [1.54, 1.807) is 7.11 Å². The number of nitrogens with zero attached hydrogens (tertiary/aromatic N) is 2. The Labute approximate surface area is 219 Å². The van der Waals surface area contributed by atoms with Crippen LogP contribution < -0.4 is 10.5 Å². The number of carbonyl (C=O) groups excluding carboxylic acids is 1. The summed E-state index contributed by atoms with van der Waals surface area (Å²) >= 11 is 0. The first kappa shape index (κ1) is 25.0. The Hall–Kier alpha value is -3.70. The maximum atomic E-state index is 14.2. The van der Waals surface area contributed by atoms with E-state index in [0.29, 0.717) is 19.4 Å². The molecule has 4 aromatic rings. The highest BCUT2D eigenvalue weighted by atomic mass is 16.5. The number of hydrogen-bond donors (Lipinski definition) is 1. The lowest BCUT2D eigenvalue weighted by Gasteiger charge is -2.50. The highest BCUT2D eigenvalue weighted by molar-refractivity contribution is 5.95. The molecule has 1 fully saturated rings. The summed E-state index contributed by atoms with van der Waals surface area (Å²) in [6.07, 6.45) is 4.75. The molecule has 0 aliphatic carbocycles. The van der Waals surface area contributed by atoms with Gasteiger partial charge in [0.2, 0.25) is 0 Å². The molecule has 3 aromatic carbocycles. The van der Waals surface area contributed by atoms with E-state index in [-0.39, 0.29) is 11.9 Å². The van der Waals surface area contributed by atoms with Crippen LogP contribution in [0, 0.1) is 13.8 Å². The smallest absolute Gasteiger partial charge is 0.254 e. The highest BCUT2D eigenvalue weighted by Crippen LogP contribution is 2.38. The topological polar surface area (TPSA) is 68.5 Å². The molecule has 0 bridgehead atoms. The van der Waals surface area contributed by atoms with Crippen molar-refractivity contribution in [2.45, 2.75) is 51.1 Å². The van der Waals surface area contributed by atoms with E-state index in [1.807, 2.05) is 62.5 Å². The number of aryl methyl sites for hydroxylation is 2. The van der Waals surface area contributed by atoms with Crippen LogP contribution in [-0.4, -0.2) is 41.0 Å². The SMILES string of the molecule is COc1cccc(CC2(Cc3ccnc4ccccc34)CC(N)CCN2C(=O)c2cc(C)cc(C)c2)c1. The Morgan fingerprint density at radius 2 is 1.81 bits per heavy atom. The van der Waals surface area contributed by atoms with Gasteiger partial charge >= 0.3 is 0 Å². The number of methoxy groups -OCH3 is 1. The van der Waals surface area contributed by atoms with Crippen molar-refractivity contribution in [3.63, 3.8) is 0 Å². The van der Waals surface area contributed by atoms with Gasteiger partial charge in [-0.1, -0.05) is 47.5 Å². The van der Waals surface area contributed by atoms with E-state index < -0.39 is 5.54 Å². The van der Waals surface area contributed by atoms with Crippen LogP contribution in [0.2, 0.25) is 0 Å². The van der Waals surface area contributed by atoms with Gasteiger partial charge in [-0.15, -0.1) is 0 Å². The normalized spacial score (nSPS) is 19.7. The zero-order valence-corrected chi connectivity index (χ0v) is 21.9. The number of ether oxygens (including phenoxy) is 1. The molecule has 0 saturated carbocycles. The minimum Gasteiger partial charge on any atom is -0.497 e. The Kier molecular flexibility index (Phi) is 6.98. The van der Waals surface area contributed by atoms with Gasteiger partial charge in [0, 0.05) is 29.7 Å². The molecule has 37 heavy (non-hydrogen) atoms. The largest absolute Gasteiger partial charge is 0.497 e. The van der Waals surface area contributed by atoms with E-state index in [0.717, 1.165) is 51.7 Å². The van der Waals surface area contributed by atoms with Crippen molar-refractivity contribution >= 4 is 16.8 Å². The van der Waals surface area contributed by atoms with Gasteiger partial charge in [-0.25, -0.2) is 0 Å². The number of carbonyl (C=O) groups is 1. The van der Waals surface area contributed by atoms with E-state index in [9.17, 15) is 4.79 Å². The summed E-state index contributed by atoms with van der Waals surface area (Å²) in [4.78, 5) is 20.9. The van der Waals surface area contributed by atoms with Crippen molar-refractivity contribution < 1.29 is 9.53 Å². The monoisotopic (exact) mass is 493 g/mol. The van der Waals surface area contributed by atoms with Gasteiger partial charge in [-0.3, -0.25) is 9.78 Å². The molecular weight excluding hydrogens is 458 g/mol. The average Bonchev–Trinajstić information content (AvgIpc) is 2.88. The number of hydrogen-bond acceptors (Lipinski definition) is 4. The summed E-state index contributed by atoms with van der Waals surface area (Å²) in [6, 6.07) is 24.6. The van der Waals surface area contributed by atoms with Crippen molar-refractivity contribution in [3.8, 4) is 5.75 Å². The third kappa shape index (κ3) is 5.23. The standard InChI is InChI=1S/C32H35N3O2/c1-22-15-23(2)17-26(16-22)31(36)35-14-12-27(33)21-32(35,19-24-7-6-8-28(18-24)37-3)20-25-11-13-34-30-10-5-4-9-29(25)30/h4-11,13,15-18,27H,12,14,19-21,33H2,1-3H3. The fourth-order valence-electron chi connectivity index (χ4n) is 6.03. The first-order chi connectivity index (χ1) is 17.9. The second-order valence-corrected chi connectivity index (χ2v) is 10.5. The van der Waals surface area contributed by atoms with Crippen molar-refractivity contribution in [1.82, 2.24) is 9.88 Å². The maximum absolute atomic E-state index is 14.2. The molecule has 5 nitrogen and oxygen atoms in total. The lowest BCUT2D eigenvalue weighted by Crippen LogP contribution is -2.61. The van der Waals surface area contributed by atoms with Gasteiger partial charge in [-0.05, 0) is 87.1 Å². The van der Waals surface area contributed by atoms with Gasteiger partial charge in [0.05, 0.1) is 18.2 Å². The lowest BCUT2D eigenvalue weighted by molar-refractivity contribution is 0.0270. The van der Waals surface area contributed by atoms with Crippen LogP contribution >= 0.6 is 0 Å². The number of likely N-dealkylation sites (tertiary alicyclic amines) is 1. The Morgan fingerprint density at radius 1 is 1.03 bits per heavy atom. The predicted octanol–water partition coefficient (Wildman–Crippen LogP) is 5.65. The van der Waals surface area contributed by atoms with Crippen molar-refractivity contribution in [1.29, 1.82) is 0 Å². The Bertz CT molecular complexity index is 1410. The van der Waals surface area contributed by atoms with E-state index >= 15 is 0 Å². The van der Waals surface area contributed by atoms with Crippen LogP contribution in [0.1, 0.15) is 45.5 Å².